The molecule has 24 nitrogen and oxygen atoms in total. The monoisotopic (exact) mass is 1290 g/mol. The van der Waals surface area contributed by atoms with Crippen LogP contribution in [-0.4, -0.2) is 84.2 Å². The fourth-order valence-electron chi connectivity index (χ4n) is 14.5. The van der Waals surface area contributed by atoms with E-state index in [0.717, 1.165) is 44.5 Å². The molecule has 0 saturated heterocycles. The molecule has 4 aromatic heterocycles. The average Bonchev–Trinajstić information content (AvgIpc) is 1.50. The Labute approximate surface area is 542 Å². The molecule has 8 aromatic carbocycles. The summed E-state index contributed by atoms with van der Waals surface area (Å²) < 4.78 is 57.0. The average molecular weight is 1290 g/mol. The van der Waals surface area contributed by atoms with Crippen molar-refractivity contribution in [1.82, 2.24) is 39.9 Å². The first-order chi connectivity index (χ1) is 46.5. The van der Waals surface area contributed by atoms with E-state index in [4.69, 9.17) is 37.9 Å². The Balaban J connectivity index is 0.941. The van der Waals surface area contributed by atoms with E-state index < -0.39 is 47.5 Å². The van der Waals surface area contributed by atoms with E-state index in [2.05, 4.69) is 91.8 Å². The van der Waals surface area contributed by atoms with Gasteiger partial charge < -0.3 is 78.3 Å². The molecule has 96 heavy (non-hydrogen) atoms. The number of fused-ring (bicyclic) bond motifs is 32. The standard InChI is InChI=1S/C72H56N8O16/c1-5-29-33-9-35(51-21-49(33)89-57-13-41-43(15-59(57)91-51)75-65(73-41)25-69(81)82)30(6-2)37-11-39(55-23-53(37)93-61-17-45-47(19-63(61)95-55)79-67(77-45)27-71(85)86)32(8-4)40-12-38(54-24-56(40)96-64-20-48-46(18-62(64)94-54)78-68(80-48)28-72(87)88)31(7-3)36-10-34(29)50-22-52(36)92-60-16-44-42(14-58(60)90-50)74-66(76-44)26-70(83)84/h9-24,29-32H,5-8,25-28H2,1-4H3,(H,73,75)(H,74,76)(H,77,79)(H,78,80)(H,81,82)(H,83,84)(H,85,86)(H,87,88). The number of nitrogens with zero attached hydrogens (tertiary/aromatic N) is 4. The second-order valence-electron chi connectivity index (χ2n) is 24.7. The van der Waals surface area contributed by atoms with Crippen molar-refractivity contribution in [2.75, 3.05) is 0 Å². The zero-order chi connectivity index (χ0) is 65.7. The molecule has 0 radical (unpaired) electrons. The number of hydrogen-bond acceptors (Lipinski definition) is 16. The molecule has 16 bridgehead atoms. The first kappa shape index (κ1) is 57.8. The number of carboxylic acids is 4. The first-order valence-electron chi connectivity index (χ1n) is 31.6. The van der Waals surface area contributed by atoms with Gasteiger partial charge in [-0.3, -0.25) is 19.2 Å². The molecule has 0 saturated carbocycles. The van der Waals surface area contributed by atoms with Crippen molar-refractivity contribution < 1.29 is 77.5 Å². The Morgan fingerprint density at radius 3 is 0.625 bits per heavy atom. The summed E-state index contributed by atoms with van der Waals surface area (Å²) in [5, 5.41) is 39.2. The number of aliphatic carboxylic acids is 4. The van der Waals surface area contributed by atoms with E-state index in [1.54, 1.807) is 48.5 Å². The zero-order valence-corrected chi connectivity index (χ0v) is 51.7. The van der Waals surface area contributed by atoms with E-state index in [0.29, 0.717) is 162 Å². The maximum Gasteiger partial charge on any atom is 0.311 e. The summed E-state index contributed by atoms with van der Waals surface area (Å²) >= 11 is 0. The van der Waals surface area contributed by atoms with Crippen LogP contribution in [0.3, 0.4) is 0 Å². The molecular weight excluding hydrogens is 1230 g/mol. The summed E-state index contributed by atoms with van der Waals surface area (Å²) in [5.41, 5.74) is 10.1. The van der Waals surface area contributed by atoms with Gasteiger partial charge in [-0.15, -0.1) is 0 Å². The molecule has 0 amide bonds. The van der Waals surface area contributed by atoms with E-state index in [1.165, 1.54) is 0 Å². The molecule has 0 fully saturated rings. The summed E-state index contributed by atoms with van der Waals surface area (Å²) in [4.78, 5) is 79.2. The van der Waals surface area contributed by atoms with Crippen molar-refractivity contribution in [2.24, 2.45) is 0 Å². The molecule has 17 rings (SSSR count). The number of carbonyl (C=O) groups is 4. The molecule has 480 valence electrons. The predicted octanol–water partition coefficient (Wildman–Crippen LogP) is 15.8. The van der Waals surface area contributed by atoms with Gasteiger partial charge in [0.25, 0.3) is 0 Å². The van der Waals surface area contributed by atoms with Crippen LogP contribution in [-0.2, 0) is 44.9 Å². The number of hydrogen-bond donors (Lipinski definition) is 8. The largest absolute Gasteiger partial charge is 0.481 e. The Morgan fingerprint density at radius 1 is 0.281 bits per heavy atom. The maximum absolute atomic E-state index is 12.0. The lowest BCUT2D eigenvalue weighted by molar-refractivity contribution is -0.137. The molecule has 5 aliphatic rings. The molecule has 24 heteroatoms. The fraction of sp³-hybridized carbons (Fsp3) is 0.222. The Bertz CT molecular complexity index is 4480. The van der Waals surface area contributed by atoms with Gasteiger partial charge in [0.05, 0.1) is 44.1 Å². The smallest absolute Gasteiger partial charge is 0.311 e. The number of nitrogens with one attached hydrogen (secondary N) is 4. The third kappa shape index (κ3) is 9.64. The molecule has 4 atom stereocenters. The topological polar surface area (TPSA) is 338 Å². The predicted molar refractivity (Wildman–Crippen MR) is 345 cm³/mol. The van der Waals surface area contributed by atoms with Gasteiger partial charge in [0.1, 0.15) is 95.0 Å². The number of H-pyrrole nitrogens is 4. The van der Waals surface area contributed by atoms with Crippen LogP contribution >= 0.6 is 0 Å². The maximum atomic E-state index is 12.0. The van der Waals surface area contributed by atoms with Gasteiger partial charge in [-0.05, 0) is 49.9 Å². The molecule has 4 unspecified atom stereocenters. The number of rotatable bonds is 12. The van der Waals surface area contributed by atoms with Crippen LogP contribution in [0.1, 0.15) is 145 Å². The molecule has 1 aliphatic carbocycles. The van der Waals surface area contributed by atoms with Gasteiger partial charge in [-0.1, -0.05) is 27.7 Å². The van der Waals surface area contributed by atoms with Crippen molar-refractivity contribution >= 4 is 68.0 Å². The summed E-state index contributed by atoms with van der Waals surface area (Å²) in [6.45, 7) is 8.38. The van der Waals surface area contributed by atoms with Crippen LogP contribution in [0.25, 0.3) is 44.1 Å². The van der Waals surface area contributed by atoms with Crippen LogP contribution in [0.4, 0.5) is 0 Å². The molecule has 0 spiro atoms. The van der Waals surface area contributed by atoms with Gasteiger partial charge >= 0.3 is 23.9 Å². The molecule has 12 aromatic rings. The lowest BCUT2D eigenvalue weighted by atomic mass is 9.77. The highest BCUT2D eigenvalue weighted by Crippen LogP contribution is 2.59. The fourth-order valence-corrected chi connectivity index (χ4v) is 14.5. The van der Waals surface area contributed by atoms with E-state index in [9.17, 15) is 39.6 Å². The van der Waals surface area contributed by atoms with E-state index in [-0.39, 0.29) is 49.0 Å². The summed E-state index contributed by atoms with van der Waals surface area (Å²) in [6, 6.07) is 30.3. The molecular formula is C72H56N8O16. The van der Waals surface area contributed by atoms with Crippen LogP contribution in [0, 0.1) is 0 Å². The first-order valence-corrected chi connectivity index (χ1v) is 31.6. The highest BCUT2D eigenvalue weighted by molar-refractivity contribution is 5.86. The lowest BCUT2D eigenvalue weighted by Gasteiger charge is -2.29. The third-order valence-electron chi connectivity index (χ3n) is 18.6. The Kier molecular flexibility index (Phi) is 13.1. The summed E-state index contributed by atoms with van der Waals surface area (Å²) in [6.07, 6.45) is 0.597. The van der Waals surface area contributed by atoms with Crippen molar-refractivity contribution in [1.29, 1.82) is 0 Å². The SMILES string of the molecule is CCC1c2cc(c3cc2Oc2cc4nc(CC(=O)O)[nH]c4cc2O3)C(CC)c2cc(c3cc2Oc2cc4nc(CC(=O)O)[nH]c4cc2O3)C(CC)c2cc(c3cc2Oc2cc4nc(CC(=O)O)[nH]c4cc2O3)C(CC)c2cc1c1cc2Oc2cc3nc(CC(=O)O)[nH]c3cc2O1. The molecule has 4 aliphatic heterocycles. The summed E-state index contributed by atoms with van der Waals surface area (Å²) in [5.74, 6) is 1.22. The Hall–Kier alpha value is -12.1. The van der Waals surface area contributed by atoms with Crippen molar-refractivity contribution in [3.8, 4) is 92.0 Å². The minimum absolute atomic E-state index is 0.253. The van der Waals surface area contributed by atoms with Crippen molar-refractivity contribution in [2.45, 2.75) is 103 Å². The van der Waals surface area contributed by atoms with Gasteiger partial charge in [0.2, 0.25) is 0 Å². The minimum atomic E-state index is -1.05. The van der Waals surface area contributed by atoms with Gasteiger partial charge in [0.15, 0.2) is 46.0 Å². The van der Waals surface area contributed by atoms with Crippen molar-refractivity contribution in [3.05, 3.63) is 165 Å². The third-order valence-corrected chi connectivity index (χ3v) is 18.6. The second kappa shape index (κ2) is 21.8. The normalized spacial score (nSPS) is 16.6. The number of carboxylic acid groups (broad SMARTS) is 4. The minimum Gasteiger partial charge on any atom is -0.481 e. The van der Waals surface area contributed by atoms with Crippen LogP contribution in [0.15, 0.2) is 97.1 Å². The summed E-state index contributed by atoms with van der Waals surface area (Å²) in [7, 11) is 0. The molecule has 8 N–H and O–H groups in total. The quantitative estimate of drug-likeness (QED) is 0.0563. The van der Waals surface area contributed by atoms with E-state index in [1.807, 2.05) is 24.3 Å². The molecule has 8 heterocycles. The second-order valence-corrected chi connectivity index (χ2v) is 24.7. The van der Waals surface area contributed by atoms with Crippen LogP contribution < -0.4 is 37.9 Å². The zero-order valence-electron chi connectivity index (χ0n) is 51.7. The highest BCUT2D eigenvalue weighted by Gasteiger charge is 2.39. The van der Waals surface area contributed by atoms with E-state index >= 15 is 0 Å². The number of aromatic amines is 4. The lowest BCUT2D eigenvalue weighted by Crippen LogP contribution is -2.12. The number of benzene rings is 8. The van der Waals surface area contributed by atoms with Crippen molar-refractivity contribution in [3.63, 3.8) is 0 Å². The highest BCUT2D eigenvalue weighted by atomic mass is 16.5. The van der Waals surface area contributed by atoms with Gasteiger partial charge in [0, 0.05) is 141 Å². The van der Waals surface area contributed by atoms with Gasteiger partial charge in [-0.2, -0.15) is 0 Å². The van der Waals surface area contributed by atoms with Gasteiger partial charge in [-0.25, -0.2) is 19.9 Å². The van der Waals surface area contributed by atoms with Crippen LogP contribution in [0.2, 0.25) is 0 Å². The van der Waals surface area contributed by atoms with Crippen LogP contribution in [0.5, 0.6) is 92.0 Å². The number of aromatic nitrogens is 8. The number of imidazole rings is 4. The Morgan fingerprint density at radius 2 is 0.458 bits per heavy atom. The number of ether oxygens (including phenoxy) is 8.